The summed E-state index contributed by atoms with van der Waals surface area (Å²) in [4.78, 5) is 36.7. The summed E-state index contributed by atoms with van der Waals surface area (Å²) in [5.41, 5.74) is 0.894. The van der Waals surface area contributed by atoms with Crippen LogP contribution in [0.15, 0.2) is 39.5 Å². The van der Waals surface area contributed by atoms with E-state index in [4.69, 9.17) is 4.42 Å². The van der Waals surface area contributed by atoms with Crippen LogP contribution in [-0.2, 0) is 6.42 Å². The fourth-order valence-electron chi connectivity index (χ4n) is 2.97. The van der Waals surface area contributed by atoms with E-state index in [1.807, 2.05) is 26.8 Å². The molecule has 5 heteroatoms. The molecule has 0 saturated heterocycles. The normalized spacial score (nSPS) is 15.7. The number of rotatable bonds is 2. The van der Waals surface area contributed by atoms with Crippen LogP contribution in [0.5, 0.6) is 0 Å². The Morgan fingerprint density at radius 1 is 1.17 bits per heavy atom. The lowest BCUT2D eigenvalue weighted by Crippen LogP contribution is -2.29. The lowest BCUT2D eigenvalue weighted by Gasteiger charge is -2.28. The van der Waals surface area contributed by atoms with E-state index in [-0.39, 0.29) is 16.9 Å². The third-order valence-corrected chi connectivity index (χ3v) is 4.13. The molecule has 0 fully saturated rings. The highest BCUT2D eigenvalue weighted by molar-refractivity contribution is 6.05. The second-order valence-electron chi connectivity index (χ2n) is 7.05. The average molecular weight is 325 g/mol. The molecule has 1 aliphatic carbocycles. The number of nitrogens with one attached hydrogen (secondary N) is 1. The van der Waals surface area contributed by atoms with Gasteiger partial charge in [0.2, 0.25) is 0 Å². The standard InChI is InChI=1S/C19H19NO4/c1-11-5-4-6-12(7-11)17(22)20-14-8-13-15(21)9-19(2,3)10-16(13)24-18(14)23/h4-8H,9-10H2,1-3H3,(H,20,22). The maximum Gasteiger partial charge on any atom is 0.359 e. The number of amides is 1. The Balaban J connectivity index is 1.93. The lowest BCUT2D eigenvalue weighted by molar-refractivity contribution is 0.0896. The van der Waals surface area contributed by atoms with Crippen LogP contribution in [-0.4, -0.2) is 11.7 Å². The zero-order valence-corrected chi connectivity index (χ0v) is 13.9. The molecular weight excluding hydrogens is 306 g/mol. The Kier molecular flexibility index (Phi) is 3.87. The average Bonchev–Trinajstić information content (AvgIpc) is 2.47. The van der Waals surface area contributed by atoms with E-state index in [0.717, 1.165) is 5.56 Å². The molecule has 1 aromatic carbocycles. The third-order valence-electron chi connectivity index (χ3n) is 4.13. The van der Waals surface area contributed by atoms with Crippen molar-refractivity contribution in [2.45, 2.75) is 33.6 Å². The summed E-state index contributed by atoms with van der Waals surface area (Å²) in [5, 5.41) is 2.55. The highest BCUT2D eigenvalue weighted by Crippen LogP contribution is 2.34. The Hall–Kier alpha value is -2.69. The van der Waals surface area contributed by atoms with Crippen LogP contribution < -0.4 is 10.9 Å². The van der Waals surface area contributed by atoms with E-state index in [1.165, 1.54) is 6.07 Å². The van der Waals surface area contributed by atoms with Gasteiger partial charge >= 0.3 is 5.63 Å². The van der Waals surface area contributed by atoms with Gasteiger partial charge in [0.1, 0.15) is 11.4 Å². The summed E-state index contributed by atoms with van der Waals surface area (Å²) in [6.07, 6.45) is 0.911. The molecule has 1 aromatic heterocycles. The van der Waals surface area contributed by atoms with E-state index in [0.29, 0.717) is 29.7 Å². The highest BCUT2D eigenvalue weighted by atomic mass is 16.4. The SMILES string of the molecule is Cc1cccc(C(=O)Nc2cc3c(oc2=O)CC(C)(C)CC3=O)c1. The summed E-state index contributed by atoms with van der Waals surface area (Å²) < 4.78 is 5.31. The topological polar surface area (TPSA) is 76.4 Å². The Labute approximate surface area is 139 Å². The van der Waals surface area contributed by atoms with E-state index >= 15 is 0 Å². The first-order chi connectivity index (χ1) is 11.2. The number of hydrogen-bond acceptors (Lipinski definition) is 4. The van der Waals surface area contributed by atoms with Gasteiger partial charge in [-0.25, -0.2) is 4.79 Å². The molecule has 0 aliphatic heterocycles. The Bertz CT molecular complexity index is 892. The van der Waals surface area contributed by atoms with Crippen LogP contribution in [0.1, 0.15) is 52.3 Å². The van der Waals surface area contributed by atoms with Crippen molar-refractivity contribution in [3.8, 4) is 0 Å². The van der Waals surface area contributed by atoms with E-state index in [2.05, 4.69) is 5.32 Å². The van der Waals surface area contributed by atoms with Crippen LogP contribution in [0.3, 0.4) is 0 Å². The number of fused-ring (bicyclic) bond motifs is 1. The predicted octanol–water partition coefficient (Wildman–Crippen LogP) is 3.36. The van der Waals surface area contributed by atoms with Gasteiger partial charge in [0.05, 0.1) is 5.56 Å². The molecule has 0 saturated carbocycles. The van der Waals surface area contributed by atoms with E-state index in [9.17, 15) is 14.4 Å². The van der Waals surface area contributed by atoms with Crippen molar-refractivity contribution in [3.63, 3.8) is 0 Å². The van der Waals surface area contributed by atoms with Gasteiger partial charge in [-0.3, -0.25) is 9.59 Å². The number of carbonyl (C=O) groups excluding carboxylic acids is 2. The maximum absolute atomic E-state index is 12.3. The molecule has 2 aromatic rings. The third kappa shape index (κ3) is 3.15. The molecule has 3 rings (SSSR count). The number of ketones is 1. The number of aryl methyl sites for hydroxylation is 1. The van der Waals surface area contributed by atoms with Gasteiger partial charge < -0.3 is 9.73 Å². The first-order valence-electron chi connectivity index (χ1n) is 7.83. The molecule has 0 atom stereocenters. The summed E-state index contributed by atoms with van der Waals surface area (Å²) in [5.74, 6) is -0.0830. The van der Waals surface area contributed by atoms with Crippen molar-refractivity contribution in [1.82, 2.24) is 0 Å². The van der Waals surface area contributed by atoms with Crippen LogP contribution in [0.25, 0.3) is 0 Å². The number of Topliss-reactive ketones (excluding diaryl/α,β-unsaturated/α-hetero) is 1. The monoisotopic (exact) mass is 325 g/mol. The first-order valence-corrected chi connectivity index (χ1v) is 7.83. The highest BCUT2D eigenvalue weighted by Gasteiger charge is 2.33. The predicted molar refractivity (Wildman–Crippen MR) is 90.5 cm³/mol. The minimum Gasteiger partial charge on any atom is -0.426 e. The van der Waals surface area contributed by atoms with Gasteiger partial charge in [0.15, 0.2) is 5.78 Å². The molecular formula is C19H19NO4. The summed E-state index contributed by atoms with van der Waals surface area (Å²) in [7, 11) is 0. The summed E-state index contributed by atoms with van der Waals surface area (Å²) >= 11 is 0. The summed E-state index contributed by atoms with van der Waals surface area (Å²) in [6.45, 7) is 5.80. The zero-order chi connectivity index (χ0) is 17.5. The van der Waals surface area contributed by atoms with Crippen LogP contribution in [0.2, 0.25) is 0 Å². The van der Waals surface area contributed by atoms with E-state index < -0.39 is 11.5 Å². The summed E-state index contributed by atoms with van der Waals surface area (Å²) in [6, 6.07) is 8.47. The first kappa shape index (κ1) is 16.2. The minimum atomic E-state index is -0.639. The smallest absolute Gasteiger partial charge is 0.359 e. The quantitative estimate of drug-likeness (QED) is 0.918. The zero-order valence-electron chi connectivity index (χ0n) is 13.9. The fourth-order valence-corrected chi connectivity index (χ4v) is 2.97. The Morgan fingerprint density at radius 3 is 2.62 bits per heavy atom. The van der Waals surface area contributed by atoms with Crippen molar-refractivity contribution in [1.29, 1.82) is 0 Å². The van der Waals surface area contributed by atoms with Crippen molar-refractivity contribution >= 4 is 17.4 Å². The molecule has 0 unspecified atom stereocenters. The molecule has 124 valence electrons. The van der Waals surface area contributed by atoms with E-state index in [1.54, 1.807) is 18.2 Å². The largest absolute Gasteiger partial charge is 0.426 e. The molecule has 24 heavy (non-hydrogen) atoms. The van der Waals surface area contributed by atoms with Crippen molar-refractivity contribution in [2.75, 3.05) is 5.32 Å². The molecule has 0 radical (unpaired) electrons. The number of hydrogen-bond donors (Lipinski definition) is 1. The van der Waals surface area contributed by atoms with Gasteiger partial charge in [-0.2, -0.15) is 0 Å². The van der Waals surface area contributed by atoms with Crippen molar-refractivity contribution in [3.05, 3.63) is 63.2 Å². The number of carbonyl (C=O) groups is 2. The van der Waals surface area contributed by atoms with Crippen molar-refractivity contribution < 1.29 is 14.0 Å². The second kappa shape index (κ2) is 5.74. The second-order valence-corrected chi connectivity index (χ2v) is 7.05. The van der Waals surface area contributed by atoms with Crippen LogP contribution in [0, 0.1) is 12.3 Å². The minimum absolute atomic E-state index is 0.00619. The van der Waals surface area contributed by atoms with Gasteiger partial charge in [0.25, 0.3) is 5.91 Å². The van der Waals surface area contributed by atoms with Gasteiger partial charge in [-0.15, -0.1) is 0 Å². The molecule has 0 spiro atoms. The number of anilines is 1. The number of benzene rings is 1. The maximum atomic E-state index is 12.3. The van der Waals surface area contributed by atoms with Gasteiger partial charge in [-0.05, 0) is 30.5 Å². The fraction of sp³-hybridized carbons (Fsp3) is 0.316. The van der Waals surface area contributed by atoms with Gasteiger partial charge in [0, 0.05) is 18.4 Å². The molecule has 1 N–H and O–H groups in total. The Morgan fingerprint density at radius 2 is 1.92 bits per heavy atom. The molecule has 1 amide bonds. The van der Waals surface area contributed by atoms with Gasteiger partial charge in [-0.1, -0.05) is 31.5 Å². The molecule has 0 bridgehead atoms. The van der Waals surface area contributed by atoms with Crippen LogP contribution >= 0.6 is 0 Å². The van der Waals surface area contributed by atoms with Crippen molar-refractivity contribution in [2.24, 2.45) is 5.41 Å². The molecule has 1 aliphatic rings. The molecule has 5 nitrogen and oxygen atoms in total. The van der Waals surface area contributed by atoms with Crippen LogP contribution in [0.4, 0.5) is 5.69 Å². The molecule has 1 heterocycles. The lowest BCUT2D eigenvalue weighted by atomic mass is 9.76.